The van der Waals surface area contributed by atoms with E-state index in [0.717, 1.165) is 19.3 Å². The first-order chi connectivity index (χ1) is 21.3. The Morgan fingerprint density at radius 2 is 1.63 bits per heavy atom. The Morgan fingerprint density at radius 1 is 0.978 bits per heavy atom. The van der Waals surface area contributed by atoms with Gasteiger partial charge in [0.25, 0.3) is 5.89 Å². The first-order valence-corrected chi connectivity index (χ1v) is 15.6. The van der Waals surface area contributed by atoms with Crippen molar-refractivity contribution >= 4 is 11.6 Å². The Kier molecular flexibility index (Phi) is 7.63. The third-order valence-electron chi connectivity index (χ3n) is 10.4. The van der Waals surface area contributed by atoms with E-state index in [4.69, 9.17) is 4.52 Å². The smallest absolute Gasteiger partial charge is 0.384 e. The predicted molar refractivity (Wildman–Crippen MR) is 159 cm³/mol. The Balaban J connectivity index is 1.27. The van der Waals surface area contributed by atoms with Gasteiger partial charge in [-0.15, -0.1) is 0 Å². The van der Waals surface area contributed by atoms with Crippen LogP contribution >= 0.6 is 0 Å². The van der Waals surface area contributed by atoms with E-state index >= 15 is 0 Å². The number of carbonyl (C=O) groups excluding carboxylic acids is 1. The average Bonchev–Trinajstić information content (AvgIpc) is 3.51. The van der Waals surface area contributed by atoms with Crippen LogP contribution in [0.1, 0.15) is 96.5 Å². The SMILES string of the molecule is CC(C)(O)c1ccc(-c2cccc(N(CC34CCC(c5noc(C(C)(C)F)n5)(CC3)CC4)C(=O)[C@H]3C[C@](O)(C(F)(F)F)C3)c2)nn1. The Hall–Kier alpha value is -3.45. The summed E-state index contributed by atoms with van der Waals surface area (Å²) in [5.74, 6) is -1.00. The summed E-state index contributed by atoms with van der Waals surface area (Å²) in [6.07, 6.45) is -1.89. The van der Waals surface area contributed by atoms with E-state index in [1.165, 1.54) is 13.8 Å². The predicted octanol–water partition coefficient (Wildman–Crippen LogP) is 6.29. The lowest BCUT2D eigenvalue weighted by atomic mass is 9.53. The van der Waals surface area contributed by atoms with Gasteiger partial charge in [0.05, 0.1) is 11.4 Å². The zero-order valence-corrected chi connectivity index (χ0v) is 26.4. The Labute approximate surface area is 264 Å². The molecule has 7 rings (SSSR count). The van der Waals surface area contributed by atoms with Gasteiger partial charge in [-0.2, -0.15) is 28.4 Å². The highest BCUT2D eigenvalue weighted by atomic mass is 19.4. The second-order valence-corrected chi connectivity index (χ2v) is 14.6. The number of halogens is 4. The van der Waals surface area contributed by atoms with Crippen LogP contribution in [0.5, 0.6) is 0 Å². The van der Waals surface area contributed by atoms with E-state index < -0.39 is 47.7 Å². The molecule has 1 aromatic carbocycles. The van der Waals surface area contributed by atoms with Crippen molar-refractivity contribution in [2.75, 3.05) is 11.4 Å². The van der Waals surface area contributed by atoms with E-state index in [1.54, 1.807) is 55.1 Å². The van der Waals surface area contributed by atoms with Crippen molar-refractivity contribution in [3.05, 3.63) is 53.8 Å². The van der Waals surface area contributed by atoms with Crippen molar-refractivity contribution in [2.24, 2.45) is 11.3 Å². The molecule has 3 aromatic rings. The van der Waals surface area contributed by atoms with Gasteiger partial charge in [-0.05, 0) is 109 Å². The van der Waals surface area contributed by atoms with E-state index in [0.29, 0.717) is 54.3 Å². The normalized spacial score (nSPS) is 28.2. The fraction of sp³-hybridized carbons (Fsp3) is 0.606. The third-order valence-corrected chi connectivity index (χ3v) is 10.4. The van der Waals surface area contributed by atoms with Crippen LogP contribution in [-0.4, -0.2) is 54.8 Å². The summed E-state index contributed by atoms with van der Waals surface area (Å²) in [6.45, 7) is 6.23. The average molecular weight is 646 g/mol. The number of amides is 1. The molecule has 0 radical (unpaired) electrons. The molecule has 4 fully saturated rings. The monoisotopic (exact) mass is 645 g/mol. The zero-order chi connectivity index (χ0) is 33.3. The molecule has 0 aliphatic heterocycles. The lowest BCUT2D eigenvalue weighted by Gasteiger charge is -2.54. The van der Waals surface area contributed by atoms with Crippen molar-refractivity contribution in [1.29, 1.82) is 0 Å². The summed E-state index contributed by atoms with van der Waals surface area (Å²) in [5, 5.41) is 32.9. The number of hydrogen-bond donors (Lipinski definition) is 2. The van der Waals surface area contributed by atoms with Crippen LogP contribution in [0.15, 0.2) is 40.9 Å². The van der Waals surface area contributed by atoms with E-state index in [-0.39, 0.29) is 16.7 Å². The van der Waals surface area contributed by atoms with Crippen molar-refractivity contribution in [2.45, 2.75) is 108 Å². The van der Waals surface area contributed by atoms with Gasteiger partial charge in [0, 0.05) is 29.1 Å². The summed E-state index contributed by atoms with van der Waals surface area (Å²) in [7, 11) is 0. The van der Waals surface area contributed by atoms with Gasteiger partial charge in [-0.3, -0.25) is 4.79 Å². The molecule has 4 aliphatic carbocycles. The molecule has 13 heteroatoms. The van der Waals surface area contributed by atoms with Gasteiger partial charge in [-0.1, -0.05) is 17.3 Å². The number of fused-ring (bicyclic) bond motifs is 3. The Bertz CT molecular complexity index is 1580. The first kappa shape index (κ1) is 32.5. The fourth-order valence-electron chi connectivity index (χ4n) is 7.18. The van der Waals surface area contributed by atoms with Gasteiger partial charge in [0.15, 0.2) is 17.1 Å². The minimum atomic E-state index is -4.82. The van der Waals surface area contributed by atoms with Crippen molar-refractivity contribution in [3.8, 4) is 11.3 Å². The molecule has 0 atom stereocenters. The quantitative estimate of drug-likeness (QED) is 0.274. The molecule has 2 aromatic heterocycles. The van der Waals surface area contributed by atoms with Crippen LogP contribution in [0.25, 0.3) is 11.3 Å². The maximum Gasteiger partial charge on any atom is 0.417 e. The van der Waals surface area contributed by atoms with Crippen LogP contribution in [-0.2, 0) is 21.5 Å². The van der Waals surface area contributed by atoms with E-state index in [2.05, 4.69) is 20.3 Å². The molecule has 248 valence electrons. The number of nitrogens with zero attached hydrogens (tertiary/aromatic N) is 5. The topological polar surface area (TPSA) is 125 Å². The number of hydrogen-bond acceptors (Lipinski definition) is 8. The summed E-state index contributed by atoms with van der Waals surface area (Å²) >= 11 is 0. The van der Waals surface area contributed by atoms with Crippen molar-refractivity contribution < 1.29 is 37.1 Å². The number of alkyl halides is 4. The van der Waals surface area contributed by atoms with E-state index in [1.807, 2.05) is 0 Å². The number of anilines is 1. The number of aromatic nitrogens is 4. The zero-order valence-electron chi connectivity index (χ0n) is 26.4. The largest absolute Gasteiger partial charge is 0.417 e. The van der Waals surface area contributed by atoms with Gasteiger partial charge in [-0.25, -0.2) is 4.39 Å². The number of benzene rings is 1. The highest BCUT2D eigenvalue weighted by molar-refractivity contribution is 5.96. The van der Waals surface area contributed by atoms with Gasteiger partial charge >= 0.3 is 6.18 Å². The van der Waals surface area contributed by atoms with Crippen LogP contribution in [0, 0.1) is 11.3 Å². The molecule has 4 aliphatic rings. The molecule has 46 heavy (non-hydrogen) atoms. The highest BCUT2D eigenvalue weighted by Gasteiger charge is 2.63. The van der Waals surface area contributed by atoms with Gasteiger partial charge < -0.3 is 19.6 Å². The molecular weight excluding hydrogens is 606 g/mol. The standard InChI is InChI=1S/C33H39F4N5O4/c1-28(2,34)27-38-26(41-46-27)31-13-10-30(11-14-31,12-15-31)19-42(25(43)21-17-32(45,18-21)33(35,36)37)22-7-5-6-20(16-22)23-8-9-24(40-39-23)29(3,4)44/h5-9,16,21,44-45H,10-15,17-19H2,1-4H3/t21-,30?,31?,32+. The van der Waals surface area contributed by atoms with Crippen LogP contribution in [0.3, 0.4) is 0 Å². The minimum Gasteiger partial charge on any atom is -0.384 e. The number of aliphatic hydroxyl groups is 2. The van der Waals surface area contributed by atoms with E-state index in [9.17, 15) is 32.6 Å². The highest BCUT2D eigenvalue weighted by Crippen LogP contribution is 2.58. The summed E-state index contributed by atoms with van der Waals surface area (Å²) < 4.78 is 60.2. The lowest BCUT2D eigenvalue weighted by Crippen LogP contribution is -2.60. The second-order valence-electron chi connectivity index (χ2n) is 14.6. The fourth-order valence-corrected chi connectivity index (χ4v) is 7.18. The van der Waals surface area contributed by atoms with Crippen LogP contribution in [0.2, 0.25) is 0 Å². The lowest BCUT2D eigenvalue weighted by molar-refractivity contribution is -0.295. The molecule has 0 spiro atoms. The van der Waals surface area contributed by atoms with Crippen LogP contribution in [0.4, 0.5) is 23.2 Å². The molecule has 2 N–H and O–H groups in total. The van der Waals surface area contributed by atoms with Crippen molar-refractivity contribution in [3.63, 3.8) is 0 Å². The summed E-state index contributed by atoms with van der Waals surface area (Å²) in [6, 6.07) is 10.5. The maximum atomic E-state index is 14.5. The van der Waals surface area contributed by atoms with Gasteiger partial charge in [0.2, 0.25) is 5.91 Å². The summed E-state index contributed by atoms with van der Waals surface area (Å²) in [4.78, 5) is 20.0. The number of rotatable bonds is 8. The molecule has 4 saturated carbocycles. The maximum absolute atomic E-state index is 14.5. The summed E-state index contributed by atoms with van der Waals surface area (Å²) in [5.41, 5.74) is -4.39. The molecule has 1 amide bonds. The molecule has 2 heterocycles. The molecule has 0 saturated heterocycles. The van der Waals surface area contributed by atoms with Crippen LogP contribution < -0.4 is 4.90 Å². The third kappa shape index (κ3) is 5.80. The van der Waals surface area contributed by atoms with Crippen molar-refractivity contribution in [1.82, 2.24) is 20.3 Å². The minimum absolute atomic E-state index is 0.0605. The van der Waals surface area contributed by atoms with Gasteiger partial charge in [0.1, 0.15) is 5.60 Å². The second kappa shape index (κ2) is 10.8. The number of carbonyl (C=O) groups is 1. The molecule has 0 unspecified atom stereocenters. The first-order valence-electron chi connectivity index (χ1n) is 15.6. The molecule has 2 bridgehead atoms. The molecule has 9 nitrogen and oxygen atoms in total. The Morgan fingerprint density at radius 3 is 2.15 bits per heavy atom. The molecular formula is C33H39F4N5O4.